The minimum Gasteiger partial charge on any atom is -0.280 e. The quantitative estimate of drug-likeness (QED) is 0.608. The van der Waals surface area contributed by atoms with E-state index in [1.165, 1.54) is 5.56 Å². The Morgan fingerprint density at radius 2 is 2.00 bits per heavy atom. The third kappa shape index (κ3) is 2.33. The lowest BCUT2D eigenvalue weighted by Gasteiger charge is -2.08. The van der Waals surface area contributed by atoms with Gasteiger partial charge >= 0.3 is 0 Å². The molecule has 0 saturated carbocycles. The van der Waals surface area contributed by atoms with Gasteiger partial charge in [-0.15, -0.1) is 0 Å². The molecule has 0 bridgehead atoms. The largest absolute Gasteiger partial charge is 0.280 e. The average Bonchev–Trinajstić information content (AvgIpc) is 2.07. The maximum absolute atomic E-state index is 3.60. The van der Waals surface area contributed by atoms with Gasteiger partial charge < -0.3 is 0 Å². The molecule has 0 aromatic heterocycles. The zero-order chi connectivity index (χ0) is 8.10. The van der Waals surface area contributed by atoms with Gasteiger partial charge in [0.15, 0.2) is 0 Å². The second-order valence-corrected chi connectivity index (χ2v) is 2.77. The first kappa shape index (κ1) is 8.24. The summed E-state index contributed by atoms with van der Waals surface area (Å²) in [6, 6.07) is 10.4. The van der Waals surface area contributed by atoms with Crippen molar-refractivity contribution >= 4 is 0 Å². The molecule has 2 heteroatoms. The third-order valence-corrected chi connectivity index (χ3v) is 1.82. The van der Waals surface area contributed by atoms with Gasteiger partial charge in [-0.1, -0.05) is 37.3 Å². The lowest BCUT2D eigenvalue weighted by atomic mass is 10.0. The average molecular weight is 151 g/mol. The van der Waals surface area contributed by atoms with Gasteiger partial charge in [0.25, 0.3) is 0 Å². The van der Waals surface area contributed by atoms with Crippen molar-refractivity contribution in [3.05, 3.63) is 35.9 Å². The number of hydrogen-bond acceptors (Lipinski definition) is 1. The Bertz CT molecular complexity index is 196. The van der Waals surface area contributed by atoms with Gasteiger partial charge in [-0.3, -0.25) is 5.84 Å². The van der Waals surface area contributed by atoms with E-state index in [0.717, 1.165) is 6.54 Å². The van der Waals surface area contributed by atoms with E-state index < -0.39 is 0 Å². The van der Waals surface area contributed by atoms with E-state index in [0.29, 0.717) is 5.92 Å². The van der Waals surface area contributed by atoms with Crippen LogP contribution < -0.4 is 11.3 Å². The molecule has 0 amide bonds. The molecule has 1 rings (SSSR count). The van der Waals surface area contributed by atoms with Crippen LogP contribution in [-0.2, 0) is 0 Å². The Hall–Kier alpha value is -0.860. The molecule has 4 N–H and O–H groups in total. The van der Waals surface area contributed by atoms with Crippen molar-refractivity contribution in [2.24, 2.45) is 0 Å². The zero-order valence-electron chi connectivity index (χ0n) is 6.88. The summed E-state index contributed by atoms with van der Waals surface area (Å²) < 4.78 is 0. The molecule has 0 aliphatic carbocycles. The molecule has 0 heterocycles. The molecule has 1 aromatic rings. The lowest BCUT2D eigenvalue weighted by Crippen LogP contribution is -2.65. The maximum atomic E-state index is 3.60. The number of hydrogen-bond donors (Lipinski definition) is 2. The van der Waals surface area contributed by atoms with Crippen molar-refractivity contribution in [3.63, 3.8) is 0 Å². The number of nitrogens with one attached hydrogen (secondary N) is 1. The monoisotopic (exact) mass is 151 g/mol. The Morgan fingerprint density at radius 3 is 2.55 bits per heavy atom. The first-order chi connectivity index (χ1) is 5.34. The molecule has 0 radical (unpaired) electrons. The molecule has 0 spiro atoms. The molecule has 1 atom stereocenters. The van der Waals surface area contributed by atoms with Crippen LogP contribution in [0.3, 0.4) is 0 Å². The first-order valence-electron chi connectivity index (χ1n) is 3.89. The summed E-state index contributed by atoms with van der Waals surface area (Å²) >= 11 is 0. The van der Waals surface area contributed by atoms with Crippen molar-refractivity contribution < 1.29 is 5.84 Å². The SMILES string of the molecule is CC(CN[NH3+])c1ccccc1. The molecule has 0 saturated heterocycles. The predicted molar refractivity (Wildman–Crippen MR) is 45.7 cm³/mol. The topological polar surface area (TPSA) is 39.7 Å². The molecule has 1 aromatic carbocycles. The van der Waals surface area contributed by atoms with Crippen LogP contribution in [-0.4, -0.2) is 6.54 Å². The van der Waals surface area contributed by atoms with Gasteiger partial charge in [0, 0.05) is 0 Å². The molecule has 1 unspecified atom stereocenters. The molecule has 11 heavy (non-hydrogen) atoms. The third-order valence-electron chi connectivity index (χ3n) is 1.82. The van der Waals surface area contributed by atoms with Crippen LogP contribution in [0.5, 0.6) is 0 Å². The molecule has 2 nitrogen and oxygen atoms in total. The normalized spacial score (nSPS) is 12.9. The van der Waals surface area contributed by atoms with Crippen LogP contribution in [0.4, 0.5) is 0 Å². The second-order valence-electron chi connectivity index (χ2n) is 2.77. The maximum Gasteiger partial charge on any atom is 0.0509 e. The van der Waals surface area contributed by atoms with Crippen LogP contribution in [0, 0.1) is 0 Å². The van der Waals surface area contributed by atoms with Crippen LogP contribution in [0.1, 0.15) is 18.4 Å². The van der Waals surface area contributed by atoms with Gasteiger partial charge in [0.1, 0.15) is 0 Å². The fourth-order valence-corrected chi connectivity index (χ4v) is 1.12. The van der Waals surface area contributed by atoms with E-state index in [2.05, 4.69) is 42.5 Å². The highest BCUT2D eigenvalue weighted by molar-refractivity contribution is 5.18. The minimum atomic E-state index is 0.550. The van der Waals surface area contributed by atoms with E-state index in [-0.39, 0.29) is 0 Å². The van der Waals surface area contributed by atoms with Crippen LogP contribution >= 0.6 is 0 Å². The van der Waals surface area contributed by atoms with Crippen molar-refractivity contribution in [2.75, 3.05) is 6.54 Å². The Balaban J connectivity index is 2.61. The molecular weight excluding hydrogens is 136 g/mol. The van der Waals surface area contributed by atoms with Crippen LogP contribution in [0.2, 0.25) is 0 Å². The van der Waals surface area contributed by atoms with Crippen LogP contribution in [0.15, 0.2) is 30.3 Å². The number of quaternary nitrogens is 1. The lowest BCUT2D eigenvalue weighted by molar-refractivity contribution is -0.443. The predicted octanol–water partition coefficient (Wildman–Crippen LogP) is 0.537. The van der Waals surface area contributed by atoms with Gasteiger partial charge in [0.05, 0.1) is 6.54 Å². The zero-order valence-corrected chi connectivity index (χ0v) is 6.88. The molecule has 0 fully saturated rings. The van der Waals surface area contributed by atoms with Gasteiger partial charge in [-0.05, 0) is 11.5 Å². The van der Waals surface area contributed by atoms with Crippen molar-refractivity contribution in [1.82, 2.24) is 5.43 Å². The number of rotatable bonds is 3. The Morgan fingerprint density at radius 1 is 1.36 bits per heavy atom. The summed E-state index contributed by atoms with van der Waals surface area (Å²) in [5.41, 5.74) is 4.28. The van der Waals surface area contributed by atoms with Crippen molar-refractivity contribution in [1.29, 1.82) is 0 Å². The van der Waals surface area contributed by atoms with E-state index in [9.17, 15) is 0 Å². The summed E-state index contributed by atoms with van der Waals surface area (Å²) in [6.07, 6.45) is 0. The van der Waals surface area contributed by atoms with E-state index in [4.69, 9.17) is 0 Å². The fraction of sp³-hybridized carbons (Fsp3) is 0.333. The van der Waals surface area contributed by atoms with E-state index in [1.807, 2.05) is 6.07 Å². The highest BCUT2D eigenvalue weighted by Crippen LogP contribution is 2.12. The standard InChI is InChI=1S/C9H14N2/c1-8(7-11-10)9-5-3-2-4-6-9/h2-6,8,11H,7,10H2,1H3/p+1. The van der Waals surface area contributed by atoms with E-state index >= 15 is 0 Å². The Kier molecular flexibility index (Phi) is 3.08. The fourth-order valence-electron chi connectivity index (χ4n) is 1.12. The molecule has 0 aliphatic heterocycles. The molecular formula is C9H15N2+. The second kappa shape index (κ2) is 4.11. The summed E-state index contributed by atoms with van der Waals surface area (Å²) in [5.74, 6) is 4.15. The highest BCUT2D eigenvalue weighted by Gasteiger charge is 2.02. The van der Waals surface area contributed by atoms with Gasteiger partial charge in [0.2, 0.25) is 0 Å². The minimum absolute atomic E-state index is 0.550. The van der Waals surface area contributed by atoms with Crippen molar-refractivity contribution in [3.8, 4) is 0 Å². The Labute approximate surface area is 67.4 Å². The van der Waals surface area contributed by atoms with Crippen LogP contribution in [0.25, 0.3) is 0 Å². The summed E-state index contributed by atoms with van der Waals surface area (Å²) in [6.45, 7) is 3.12. The van der Waals surface area contributed by atoms with Gasteiger partial charge in [-0.2, -0.15) is 5.43 Å². The first-order valence-corrected chi connectivity index (χ1v) is 3.89. The molecule has 60 valence electrons. The number of benzene rings is 1. The van der Waals surface area contributed by atoms with Gasteiger partial charge in [-0.25, -0.2) is 0 Å². The summed E-state index contributed by atoms with van der Waals surface area (Å²) in [7, 11) is 0. The summed E-state index contributed by atoms with van der Waals surface area (Å²) in [5, 5.41) is 0. The molecule has 0 aliphatic rings. The summed E-state index contributed by atoms with van der Waals surface area (Å²) in [4.78, 5) is 0. The smallest absolute Gasteiger partial charge is 0.0509 e. The van der Waals surface area contributed by atoms with Crippen molar-refractivity contribution in [2.45, 2.75) is 12.8 Å². The van der Waals surface area contributed by atoms with E-state index in [1.54, 1.807) is 0 Å². The highest BCUT2D eigenvalue weighted by atomic mass is 15.2.